The van der Waals surface area contributed by atoms with Crippen molar-refractivity contribution in [1.29, 1.82) is 15.8 Å². The largest absolute Gasteiger partial charge is 0.366 e. The fourth-order valence-electron chi connectivity index (χ4n) is 17.9. The second-order valence-corrected chi connectivity index (χ2v) is 35.2. The van der Waals surface area contributed by atoms with Crippen LogP contribution in [0.4, 0.5) is 82.9 Å². The lowest BCUT2D eigenvalue weighted by Gasteiger charge is -2.45. The van der Waals surface area contributed by atoms with E-state index in [0.717, 1.165) is 13.7 Å². The van der Waals surface area contributed by atoms with Gasteiger partial charge in [0, 0.05) is 111 Å². The Bertz CT molecular complexity index is 7190. The Morgan fingerprint density at radius 1 is 0.374 bits per heavy atom. The van der Waals surface area contributed by atoms with Gasteiger partial charge in [-0.25, -0.2) is 80.8 Å². The molecule has 0 spiro atoms. The smallest absolute Gasteiger partial charge is 0.276 e. The summed E-state index contributed by atoms with van der Waals surface area (Å²) in [5, 5.41) is 29.9. The van der Waals surface area contributed by atoms with Gasteiger partial charge in [0.2, 0.25) is 35.2 Å². The van der Waals surface area contributed by atoms with Gasteiger partial charge in [-0.05, 0) is 138 Å². The second kappa shape index (κ2) is 39.9. The minimum Gasteiger partial charge on any atom is -0.366 e. The Hall–Kier alpha value is -14.5. The molecule has 3 amide bonds. The molecule has 24 nitrogen and oxygen atoms in total. The molecule has 9 aromatic heterocycles. The molecule has 3 aromatic carbocycles. The maximum Gasteiger partial charge on any atom is 0.276 e. The Labute approximate surface area is 797 Å². The summed E-state index contributed by atoms with van der Waals surface area (Å²) in [5.41, 5.74) is -7.18. The van der Waals surface area contributed by atoms with E-state index in [1.54, 1.807) is 91.2 Å². The van der Waals surface area contributed by atoms with E-state index >= 15 is 26.3 Å². The molecule has 139 heavy (non-hydrogen) atoms. The maximum absolute atomic E-state index is 15.1. The van der Waals surface area contributed by atoms with Crippen molar-refractivity contribution in [3.05, 3.63) is 277 Å². The summed E-state index contributed by atoms with van der Waals surface area (Å²) in [6.45, 7) is 35.0. The topological polar surface area (TPSA) is 285 Å². The van der Waals surface area contributed by atoms with Crippen LogP contribution in [0, 0.1) is 142 Å². The van der Waals surface area contributed by atoms with E-state index in [-0.39, 0.29) is 172 Å². The van der Waals surface area contributed by atoms with Crippen LogP contribution in [-0.2, 0) is 14.4 Å². The Balaban J connectivity index is 0.000000176. The number of amides is 3. The third kappa shape index (κ3) is 17.6. The molecule has 3 fully saturated rings. The molecule has 0 bridgehead atoms. The van der Waals surface area contributed by atoms with Crippen molar-refractivity contribution in [1.82, 2.24) is 58.3 Å². The molecule has 3 saturated heterocycles. The van der Waals surface area contributed by atoms with Crippen LogP contribution < -0.4 is 31.4 Å². The number of aromatic nitrogens is 9. The number of fused-ring (bicyclic) bond motifs is 3. The first-order valence-electron chi connectivity index (χ1n) is 42.7. The van der Waals surface area contributed by atoms with Crippen molar-refractivity contribution in [3.63, 3.8) is 0 Å². The first kappa shape index (κ1) is 102. The first-order chi connectivity index (χ1) is 65.6. The van der Waals surface area contributed by atoms with Crippen molar-refractivity contribution < 1.29 is 80.2 Å². The summed E-state index contributed by atoms with van der Waals surface area (Å²) < 4.78 is 222. The lowest BCUT2D eigenvalue weighted by atomic mass is 10.0. The van der Waals surface area contributed by atoms with Crippen LogP contribution in [0.2, 0.25) is 15.1 Å². The number of rotatable bonds is 15. The molecule has 0 N–H and O–H groups in total. The fraction of sp³-hybridized carbons (Fsp3) is 0.289. The molecule has 0 radical (unpaired) electrons. The van der Waals surface area contributed by atoms with Gasteiger partial charge in [-0.2, -0.15) is 15.8 Å². The zero-order valence-electron chi connectivity index (χ0n) is 76.1. The van der Waals surface area contributed by atoms with Crippen LogP contribution in [0.25, 0.3) is 83.9 Å². The molecular weight excluding hydrogens is 1900 g/mol. The van der Waals surface area contributed by atoms with Crippen molar-refractivity contribution in [2.45, 2.75) is 132 Å². The highest BCUT2D eigenvalue weighted by molar-refractivity contribution is 6.35. The van der Waals surface area contributed by atoms with Gasteiger partial charge in [-0.3, -0.25) is 57.4 Å². The predicted octanol–water partition coefficient (Wildman–Crippen LogP) is 19.4. The van der Waals surface area contributed by atoms with E-state index in [4.69, 9.17) is 34.8 Å². The number of nitrogens with zero attached hydrogens (tertiary/aromatic N) is 18. The summed E-state index contributed by atoms with van der Waals surface area (Å²) in [6.07, 6.45) is 8.12. The van der Waals surface area contributed by atoms with Crippen molar-refractivity contribution in [3.8, 4) is 69.0 Å². The SMILES string of the molecule is C=CC(=O)N1CCN(c2c(C#N)c(=O)n(-c3c(C)ccnc3C(C)C)c3nc(-c4c(F)c(F)c(F)c(F)c4F)c(Cl)cc23)CC1.C=CC(=O)N1[C@H](C)CN(c2c(C#N)c(=O)n(-c3c(C)ccnc3C(C)C)c3nc(-c4c(F)c(F)c(F)c(F)c4F)c(Cl)cc23)C[C@@H]1C.C=CC(=O)N1[C@H](C)CN(c2c(C#N)c(=O)n(-c3c(C)ccnc3C(C)C)c3nc(-c4c(F)c(F)c(F)c(F)c4F)c(Cl)cc23)C[C@@H]1C. The second-order valence-electron chi connectivity index (χ2n) is 34.0. The summed E-state index contributed by atoms with van der Waals surface area (Å²) in [6, 6.07) is 12.6. The normalized spacial score (nSPS) is 15.6. The number of pyridine rings is 9. The first-order valence-corrected chi connectivity index (χ1v) is 43.8. The average molecular weight is 1990 g/mol. The van der Waals surface area contributed by atoms with Crippen LogP contribution in [0.15, 0.2) is 107 Å². The van der Waals surface area contributed by atoms with Crippen molar-refractivity contribution >= 4 is 103 Å². The van der Waals surface area contributed by atoms with Gasteiger partial charge in [0.1, 0.15) is 51.8 Å². The predicted molar refractivity (Wildman–Crippen MR) is 492 cm³/mol. The Kier molecular flexibility index (Phi) is 29.3. The number of carbonyl (C=O) groups excluding carboxylic acids is 3. The highest BCUT2D eigenvalue weighted by Crippen LogP contribution is 2.47. The molecule has 42 heteroatoms. The van der Waals surface area contributed by atoms with Crippen LogP contribution in [0.1, 0.15) is 137 Å². The van der Waals surface area contributed by atoms with Gasteiger partial charge in [-0.1, -0.05) is 96.1 Å². The highest BCUT2D eigenvalue weighted by Gasteiger charge is 2.42. The molecule has 4 atom stereocenters. The number of benzene rings is 3. The minimum absolute atomic E-state index is 0.0825. The number of hydrogen-bond acceptors (Lipinski definition) is 18. The number of piperazine rings is 3. The number of aryl methyl sites for hydroxylation is 3. The summed E-state index contributed by atoms with van der Waals surface area (Å²) in [4.78, 5) is 117. The van der Waals surface area contributed by atoms with Crippen molar-refractivity contribution in [2.24, 2.45) is 0 Å². The third-order valence-corrected chi connectivity index (χ3v) is 25.0. The van der Waals surface area contributed by atoms with E-state index in [0.29, 0.717) is 33.8 Å². The molecule has 0 saturated carbocycles. The third-order valence-electron chi connectivity index (χ3n) is 24.1. The van der Waals surface area contributed by atoms with Crippen LogP contribution in [-0.4, -0.2) is 153 Å². The van der Waals surface area contributed by atoms with Crippen LogP contribution in [0.5, 0.6) is 0 Å². The number of anilines is 3. The van der Waals surface area contributed by atoms with E-state index in [2.05, 4.69) is 49.6 Å². The maximum atomic E-state index is 15.1. The fourth-order valence-corrected chi connectivity index (χ4v) is 18.6. The van der Waals surface area contributed by atoms with Gasteiger partial charge in [0.05, 0.1) is 100 Å². The molecule has 720 valence electrons. The Morgan fingerprint density at radius 3 is 0.827 bits per heavy atom. The zero-order valence-corrected chi connectivity index (χ0v) is 78.3. The lowest BCUT2D eigenvalue weighted by molar-refractivity contribution is -0.131. The quantitative estimate of drug-likeness (QED) is 0.0399. The van der Waals surface area contributed by atoms with Gasteiger partial charge in [0.25, 0.3) is 16.7 Å². The van der Waals surface area contributed by atoms with Crippen LogP contribution in [0.3, 0.4) is 0 Å². The van der Waals surface area contributed by atoms with Crippen molar-refractivity contribution in [2.75, 3.05) is 67.1 Å². The van der Waals surface area contributed by atoms with E-state index < -0.39 is 177 Å². The lowest BCUT2D eigenvalue weighted by Crippen LogP contribution is -2.58. The number of hydrogen-bond donors (Lipinski definition) is 0. The number of carbonyl (C=O) groups is 3. The molecule has 3 aliphatic rings. The Morgan fingerprint density at radius 2 is 0.604 bits per heavy atom. The van der Waals surface area contributed by atoms with E-state index in [1.165, 1.54) is 59.9 Å². The van der Waals surface area contributed by atoms with Gasteiger partial charge in [0.15, 0.2) is 69.8 Å². The zero-order chi connectivity index (χ0) is 102. The highest BCUT2D eigenvalue weighted by atomic mass is 35.5. The number of nitriles is 3. The minimum atomic E-state index is -2.36. The molecule has 12 aromatic rings. The van der Waals surface area contributed by atoms with Gasteiger partial charge < -0.3 is 29.4 Å². The summed E-state index contributed by atoms with van der Waals surface area (Å²) in [5.74, 6) is -35.0. The van der Waals surface area contributed by atoms with Gasteiger partial charge in [-0.15, -0.1) is 0 Å². The van der Waals surface area contributed by atoms with Crippen LogP contribution >= 0.6 is 34.8 Å². The summed E-state index contributed by atoms with van der Waals surface area (Å²) in [7, 11) is 0. The van der Waals surface area contributed by atoms with Gasteiger partial charge >= 0.3 is 0 Å². The van der Waals surface area contributed by atoms with E-state index in [1.807, 2.05) is 59.8 Å². The number of halogens is 18. The molecule has 3 aliphatic heterocycles. The molecule has 12 heterocycles. The molecule has 0 aliphatic carbocycles. The molecular formula is C97H80Cl3F15N18O6. The monoisotopic (exact) mass is 1980 g/mol. The van der Waals surface area contributed by atoms with E-state index in [9.17, 15) is 84.1 Å². The summed E-state index contributed by atoms with van der Waals surface area (Å²) >= 11 is 19.5. The molecule has 15 rings (SSSR count). The molecule has 0 unspecified atom stereocenters. The average Bonchev–Trinajstić information content (AvgIpc) is 0.726. The standard InChI is InChI=1S/2C33H28ClF5N6O2.C31H24ClF5N6O2/c2*1-7-21(46)44-16(5)12-43(13-17(44)6)31-18-10-20(34)29(22-23(35)25(37)27(39)26(38)24(22)36)42-32(18)45(33(47)19(31)11-40)30-15(4)8-9-41-28(30)14(2)3;1-5-19(44)41-8-10-42(11-9-41)29-16-12-18(32)27(20-21(33)23(35)25(37)24(36)22(20)34)40-30(16)43(31(45)17(29)13-38)28-15(4)6-7-39-26(28)14(2)3/h2*7-10,14,16-17H,1,12-13H2,2-6H3;5-7,12,14H,1,8-11H2,2-4H3/t2*16-,17+;.